The van der Waals surface area contributed by atoms with Gasteiger partial charge in [0.25, 0.3) is 0 Å². The van der Waals surface area contributed by atoms with Crippen LogP contribution in [-0.4, -0.2) is 0 Å². The summed E-state index contributed by atoms with van der Waals surface area (Å²) in [5, 5.41) is 8.72. The smallest absolute Gasteiger partial charge is 0.119 e. The van der Waals surface area contributed by atoms with Gasteiger partial charge in [-0.1, -0.05) is 38.1 Å². The maximum absolute atomic E-state index is 8.72. The number of benzene rings is 2. The molecule has 0 aliphatic rings. The van der Waals surface area contributed by atoms with Gasteiger partial charge in [-0.15, -0.1) is 0 Å². The van der Waals surface area contributed by atoms with Crippen molar-refractivity contribution in [3.63, 3.8) is 0 Å². The van der Waals surface area contributed by atoms with Crippen LogP contribution < -0.4 is 4.74 Å². The van der Waals surface area contributed by atoms with Gasteiger partial charge in [0.15, 0.2) is 0 Å². The van der Waals surface area contributed by atoms with Gasteiger partial charge >= 0.3 is 0 Å². The van der Waals surface area contributed by atoms with Gasteiger partial charge in [0.2, 0.25) is 0 Å². The van der Waals surface area contributed by atoms with E-state index in [0.29, 0.717) is 18.1 Å². The van der Waals surface area contributed by atoms with E-state index in [2.05, 4.69) is 44.2 Å². The first kappa shape index (κ1) is 13.2. The Morgan fingerprint density at radius 1 is 1.00 bits per heavy atom. The summed E-state index contributed by atoms with van der Waals surface area (Å²) in [7, 11) is 0. The summed E-state index contributed by atoms with van der Waals surface area (Å²) in [4.78, 5) is 0. The summed E-state index contributed by atoms with van der Waals surface area (Å²) < 4.78 is 5.68. The van der Waals surface area contributed by atoms with E-state index in [1.165, 1.54) is 5.56 Å². The highest BCUT2D eigenvalue weighted by Crippen LogP contribution is 2.17. The second kappa shape index (κ2) is 6.06. The zero-order valence-electron chi connectivity index (χ0n) is 11.3. The number of nitriles is 1. The van der Waals surface area contributed by atoms with Crippen LogP contribution in [0.3, 0.4) is 0 Å². The van der Waals surface area contributed by atoms with Crippen molar-refractivity contribution in [2.45, 2.75) is 26.4 Å². The van der Waals surface area contributed by atoms with E-state index >= 15 is 0 Å². The van der Waals surface area contributed by atoms with Gasteiger partial charge in [0, 0.05) is 0 Å². The van der Waals surface area contributed by atoms with Crippen LogP contribution in [0.4, 0.5) is 0 Å². The largest absolute Gasteiger partial charge is 0.489 e. The summed E-state index contributed by atoms with van der Waals surface area (Å²) in [5.41, 5.74) is 3.13. The molecule has 0 aromatic heterocycles. The Morgan fingerprint density at radius 2 is 1.63 bits per heavy atom. The minimum atomic E-state index is 0.546. The predicted octanol–water partition coefficient (Wildman–Crippen LogP) is 4.26. The quantitative estimate of drug-likeness (QED) is 0.813. The molecule has 0 radical (unpaired) electrons. The Hall–Kier alpha value is -2.27. The predicted molar refractivity (Wildman–Crippen MR) is 76.0 cm³/mol. The van der Waals surface area contributed by atoms with Crippen molar-refractivity contribution >= 4 is 0 Å². The third-order valence-corrected chi connectivity index (χ3v) is 3.04. The van der Waals surface area contributed by atoms with Crippen molar-refractivity contribution < 1.29 is 4.74 Å². The average Bonchev–Trinajstić information content (AvgIpc) is 2.46. The first-order valence-electron chi connectivity index (χ1n) is 6.41. The molecule has 2 rings (SSSR count). The topological polar surface area (TPSA) is 33.0 Å². The van der Waals surface area contributed by atoms with Gasteiger partial charge in [-0.3, -0.25) is 0 Å². The summed E-state index contributed by atoms with van der Waals surface area (Å²) in [5.74, 6) is 1.33. The number of ether oxygens (including phenoxy) is 1. The van der Waals surface area contributed by atoms with E-state index in [4.69, 9.17) is 10.00 Å². The molecule has 0 aliphatic heterocycles. The lowest BCUT2D eigenvalue weighted by atomic mass is 10.0. The highest BCUT2D eigenvalue weighted by molar-refractivity contribution is 5.34. The minimum absolute atomic E-state index is 0.546. The Bertz CT molecular complexity index is 562. The molecule has 0 saturated carbocycles. The molecule has 96 valence electrons. The molecule has 0 N–H and O–H groups in total. The molecule has 2 aromatic rings. The third kappa shape index (κ3) is 3.59. The Kier molecular flexibility index (Phi) is 4.20. The fourth-order valence-electron chi connectivity index (χ4n) is 1.79. The number of hydrogen-bond acceptors (Lipinski definition) is 2. The molecule has 2 nitrogen and oxygen atoms in total. The maximum Gasteiger partial charge on any atom is 0.119 e. The third-order valence-electron chi connectivity index (χ3n) is 3.04. The molecule has 0 unspecified atom stereocenters. The minimum Gasteiger partial charge on any atom is -0.489 e. The fraction of sp³-hybridized carbons (Fsp3) is 0.235. The van der Waals surface area contributed by atoms with Crippen LogP contribution in [0.5, 0.6) is 5.75 Å². The van der Waals surface area contributed by atoms with Gasteiger partial charge in [0.05, 0.1) is 11.6 Å². The van der Waals surface area contributed by atoms with Crippen LogP contribution in [0.25, 0.3) is 0 Å². The Balaban J connectivity index is 1.96. The highest BCUT2D eigenvalue weighted by atomic mass is 16.5. The lowest BCUT2D eigenvalue weighted by Crippen LogP contribution is -1.96. The summed E-state index contributed by atoms with van der Waals surface area (Å²) >= 11 is 0. The molecule has 0 fully saturated rings. The molecule has 2 heteroatoms. The first-order valence-corrected chi connectivity index (χ1v) is 6.41. The van der Waals surface area contributed by atoms with Crippen LogP contribution in [0.1, 0.15) is 36.5 Å². The van der Waals surface area contributed by atoms with E-state index in [0.717, 1.165) is 11.3 Å². The molecule has 2 aromatic carbocycles. The Morgan fingerprint density at radius 3 is 2.16 bits per heavy atom. The van der Waals surface area contributed by atoms with Crippen LogP contribution in [-0.2, 0) is 6.61 Å². The van der Waals surface area contributed by atoms with E-state index in [1.54, 1.807) is 12.1 Å². The van der Waals surface area contributed by atoms with E-state index in [1.807, 2.05) is 12.1 Å². The average molecular weight is 251 g/mol. The van der Waals surface area contributed by atoms with E-state index in [9.17, 15) is 0 Å². The zero-order chi connectivity index (χ0) is 13.7. The summed E-state index contributed by atoms with van der Waals surface area (Å²) in [6.07, 6.45) is 0. The highest BCUT2D eigenvalue weighted by Gasteiger charge is 2.00. The van der Waals surface area contributed by atoms with Gasteiger partial charge in [-0.05, 0) is 41.3 Å². The van der Waals surface area contributed by atoms with Crippen molar-refractivity contribution in [2.24, 2.45) is 0 Å². The van der Waals surface area contributed by atoms with Crippen molar-refractivity contribution in [3.8, 4) is 11.8 Å². The molecule has 0 spiro atoms. The van der Waals surface area contributed by atoms with Gasteiger partial charge in [-0.25, -0.2) is 0 Å². The normalized spacial score (nSPS) is 10.2. The molecule has 0 aliphatic carbocycles. The molecule has 19 heavy (non-hydrogen) atoms. The van der Waals surface area contributed by atoms with Crippen molar-refractivity contribution in [1.29, 1.82) is 5.26 Å². The summed E-state index contributed by atoms with van der Waals surface area (Å²) in [6, 6.07) is 17.7. The van der Waals surface area contributed by atoms with Gasteiger partial charge < -0.3 is 4.74 Å². The Labute approximate surface area is 114 Å². The SMILES string of the molecule is CC(C)c1ccc(COc2ccc(C#N)cc2)cc1. The van der Waals surface area contributed by atoms with Crippen molar-refractivity contribution in [2.75, 3.05) is 0 Å². The molecule has 0 amide bonds. The molecule has 0 atom stereocenters. The molecular formula is C17H17NO. The van der Waals surface area contributed by atoms with Crippen LogP contribution in [0.15, 0.2) is 48.5 Å². The standard InChI is InChI=1S/C17H17NO/c1-13(2)16-7-3-15(4-8-16)12-19-17-9-5-14(11-18)6-10-17/h3-10,13H,12H2,1-2H3. The lowest BCUT2D eigenvalue weighted by Gasteiger charge is -2.08. The zero-order valence-corrected chi connectivity index (χ0v) is 11.3. The molecular weight excluding hydrogens is 234 g/mol. The van der Waals surface area contributed by atoms with Crippen LogP contribution in [0.2, 0.25) is 0 Å². The summed E-state index contributed by atoms with van der Waals surface area (Å²) in [6.45, 7) is 4.91. The monoisotopic (exact) mass is 251 g/mol. The van der Waals surface area contributed by atoms with E-state index in [-0.39, 0.29) is 0 Å². The van der Waals surface area contributed by atoms with Crippen molar-refractivity contribution in [1.82, 2.24) is 0 Å². The van der Waals surface area contributed by atoms with E-state index < -0.39 is 0 Å². The van der Waals surface area contributed by atoms with Crippen molar-refractivity contribution in [3.05, 3.63) is 65.2 Å². The van der Waals surface area contributed by atoms with Gasteiger partial charge in [0.1, 0.15) is 12.4 Å². The molecule has 0 heterocycles. The number of rotatable bonds is 4. The molecule has 0 saturated heterocycles. The van der Waals surface area contributed by atoms with Crippen LogP contribution in [0, 0.1) is 11.3 Å². The second-order valence-corrected chi connectivity index (χ2v) is 4.82. The number of nitrogens with zero attached hydrogens (tertiary/aromatic N) is 1. The lowest BCUT2D eigenvalue weighted by molar-refractivity contribution is 0.306. The number of hydrogen-bond donors (Lipinski definition) is 0. The second-order valence-electron chi connectivity index (χ2n) is 4.82. The van der Waals surface area contributed by atoms with Gasteiger partial charge in [-0.2, -0.15) is 5.26 Å². The fourth-order valence-corrected chi connectivity index (χ4v) is 1.79. The first-order chi connectivity index (χ1) is 9.19. The maximum atomic E-state index is 8.72. The van der Waals surface area contributed by atoms with Crippen LogP contribution >= 0.6 is 0 Å². The molecule has 0 bridgehead atoms.